The first-order chi connectivity index (χ1) is 4.31. The predicted octanol–water partition coefficient (Wildman–Crippen LogP) is 0.328. The zero-order valence-electron chi connectivity index (χ0n) is 4.99. The second-order valence-electron chi connectivity index (χ2n) is 1.22. The van der Waals surface area contributed by atoms with Gasteiger partial charge in [-0.25, -0.2) is 9.00 Å². The Kier molecular flexibility index (Phi) is 5.30. The van der Waals surface area contributed by atoms with Gasteiger partial charge in [-0.3, -0.25) is 4.18 Å². The molecule has 5 heteroatoms. The Bertz CT molecular complexity index is 141. The Balaban J connectivity index is 3.39. The molecule has 0 rings (SSSR count). The summed E-state index contributed by atoms with van der Waals surface area (Å²) in [6.45, 7) is 2.21. The smallest absolute Gasteiger partial charge is 0.272 e. The lowest BCUT2D eigenvalue weighted by Crippen LogP contribution is -1.93. The van der Waals surface area contributed by atoms with E-state index in [1.807, 2.05) is 6.92 Å². The summed E-state index contributed by atoms with van der Waals surface area (Å²) in [5, 5.41) is 0. The van der Waals surface area contributed by atoms with E-state index >= 15 is 0 Å². The third-order valence-electron chi connectivity index (χ3n) is 0.500. The van der Waals surface area contributed by atoms with E-state index in [0.717, 1.165) is 12.5 Å². The Labute approximate surface area is 55.7 Å². The van der Waals surface area contributed by atoms with Crippen molar-refractivity contribution in [3.05, 3.63) is 0 Å². The van der Waals surface area contributed by atoms with Crippen molar-refractivity contribution in [2.24, 2.45) is 4.40 Å². The predicted molar refractivity (Wildman–Crippen MR) is 32.5 cm³/mol. The highest BCUT2D eigenvalue weighted by Gasteiger charge is 1.91. The van der Waals surface area contributed by atoms with Crippen LogP contribution in [0.25, 0.3) is 0 Å². The summed E-state index contributed by atoms with van der Waals surface area (Å²) in [6, 6.07) is 0. The number of carbonyl (C=O) groups excluding carboxylic acids is 1. The maximum Gasteiger partial charge on any atom is 0.295 e. The van der Waals surface area contributed by atoms with Crippen molar-refractivity contribution in [2.75, 3.05) is 6.61 Å². The third-order valence-corrected chi connectivity index (χ3v) is 1.09. The SMILES string of the molecule is CCCOS(=O)N=C=O. The maximum atomic E-state index is 10.3. The van der Waals surface area contributed by atoms with E-state index in [-0.39, 0.29) is 0 Å². The van der Waals surface area contributed by atoms with Gasteiger partial charge in [0.2, 0.25) is 0 Å². The molecule has 4 nitrogen and oxygen atoms in total. The number of isocyanates is 1. The van der Waals surface area contributed by atoms with Crippen LogP contribution in [0, 0.1) is 0 Å². The standard InChI is InChI=1S/C4H7NO3S/c1-2-3-8-9(7)5-4-6/h2-3H2,1H3. The highest BCUT2D eigenvalue weighted by molar-refractivity contribution is 7.78. The molecule has 0 aromatic rings. The fraction of sp³-hybridized carbons (Fsp3) is 0.750. The topological polar surface area (TPSA) is 55.7 Å². The molecule has 0 aliphatic carbocycles. The highest BCUT2D eigenvalue weighted by Crippen LogP contribution is 1.86. The molecule has 0 saturated heterocycles. The first-order valence-corrected chi connectivity index (χ1v) is 3.47. The minimum atomic E-state index is -1.82. The fourth-order valence-corrected chi connectivity index (χ4v) is 0.634. The van der Waals surface area contributed by atoms with Gasteiger partial charge in [0.25, 0.3) is 17.3 Å². The summed E-state index contributed by atoms with van der Waals surface area (Å²) in [6.07, 6.45) is 1.88. The molecule has 0 spiro atoms. The largest absolute Gasteiger partial charge is 0.295 e. The lowest BCUT2D eigenvalue weighted by atomic mass is 10.5. The monoisotopic (exact) mass is 149 g/mol. The summed E-state index contributed by atoms with van der Waals surface area (Å²) < 4.78 is 17.5. The van der Waals surface area contributed by atoms with Crippen LogP contribution in [0.3, 0.4) is 0 Å². The molecule has 0 aromatic carbocycles. The Morgan fingerprint density at radius 1 is 1.78 bits per heavy atom. The molecular weight excluding hydrogens is 142 g/mol. The molecule has 52 valence electrons. The van der Waals surface area contributed by atoms with E-state index in [2.05, 4.69) is 8.58 Å². The summed E-state index contributed by atoms with van der Waals surface area (Å²) in [5.74, 6) is 0. The average Bonchev–Trinajstić information content (AvgIpc) is 1.85. The van der Waals surface area contributed by atoms with E-state index in [1.165, 1.54) is 0 Å². The summed E-state index contributed by atoms with van der Waals surface area (Å²) in [7, 11) is 0. The number of rotatable bonds is 4. The van der Waals surface area contributed by atoms with Gasteiger partial charge < -0.3 is 0 Å². The van der Waals surface area contributed by atoms with Crippen LogP contribution in [0.2, 0.25) is 0 Å². The van der Waals surface area contributed by atoms with Gasteiger partial charge in [0.05, 0.1) is 6.61 Å². The van der Waals surface area contributed by atoms with Crippen LogP contribution in [-0.2, 0) is 20.2 Å². The van der Waals surface area contributed by atoms with Crippen LogP contribution < -0.4 is 0 Å². The van der Waals surface area contributed by atoms with Gasteiger partial charge in [-0.2, -0.15) is 0 Å². The molecule has 0 aliphatic rings. The molecule has 0 aliphatic heterocycles. The summed E-state index contributed by atoms with van der Waals surface area (Å²) >= 11 is -1.82. The highest BCUT2D eigenvalue weighted by atomic mass is 32.2. The van der Waals surface area contributed by atoms with E-state index in [4.69, 9.17) is 0 Å². The molecule has 0 radical (unpaired) electrons. The zero-order chi connectivity index (χ0) is 7.11. The van der Waals surface area contributed by atoms with Crippen molar-refractivity contribution < 1.29 is 13.2 Å². The normalized spacial score (nSPS) is 12.1. The fourth-order valence-electron chi connectivity index (χ4n) is 0.211. The van der Waals surface area contributed by atoms with Crippen LogP contribution in [-0.4, -0.2) is 16.9 Å². The second-order valence-corrected chi connectivity index (χ2v) is 2.07. The molecule has 1 atom stereocenters. The van der Waals surface area contributed by atoms with Gasteiger partial charge in [-0.1, -0.05) is 11.3 Å². The lowest BCUT2D eigenvalue weighted by molar-refractivity contribution is 0.348. The Morgan fingerprint density at radius 2 is 2.44 bits per heavy atom. The Morgan fingerprint density at radius 3 is 2.89 bits per heavy atom. The minimum Gasteiger partial charge on any atom is -0.272 e. The van der Waals surface area contributed by atoms with Crippen LogP contribution in [0.4, 0.5) is 0 Å². The number of nitrogens with zero attached hydrogens (tertiary/aromatic N) is 1. The van der Waals surface area contributed by atoms with Crippen molar-refractivity contribution in [2.45, 2.75) is 13.3 Å². The lowest BCUT2D eigenvalue weighted by Gasteiger charge is -1.90. The molecule has 0 heterocycles. The van der Waals surface area contributed by atoms with Gasteiger partial charge in [-0.05, 0) is 6.42 Å². The molecule has 1 unspecified atom stereocenters. The van der Waals surface area contributed by atoms with Crippen LogP contribution >= 0.6 is 0 Å². The Hall–Kier alpha value is -0.510. The molecular formula is C4H7NO3S. The first kappa shape index (κ1) is 8.49. The van der Waals surface area contributed by atoms with E-state index in [1.54, 1.807) is 0 Å². The van der Waals surface area contributed by atoms with Crippen molar-refractivity contribution in [3.8, 4) is 0 Å². The average molecular weight is 149 g/mol. The van der Waals surface area contributed by atoms with Gasteiger partial charge >= 0.3 is 0 Å². The van der Waals surface area contributed by atoms with Crippen molar-refractivity contribution >= 4 is 17.3 Å². The summed E-state index contributed by atoms with van der Waals surface area (Å²) in [5.41, 5.74) is 0. The molecule has 0 bridgehead atoms. The van der Waals surface area contributed by atoms with E-state index in [9.17, 15) is 9.00 Å². The molecule has 0 aromatic heterocycles. The van der Waals surface area contributed by atoms with Gasteiger partial charge in [0.1, 0.15) is 0 Å². The van der Waals surface area contributed by atoms with Gasteiger partial charge in [0, 0.05) is 0 Å². The van der Waals surface area contributed by atoms with Crippen molar-refractivity contribution in [1.82, 2.24) is 0 Å². The van der Waals surface area contributed by atoms with Gasteiger partial charge in [-0.15, -0.1) is 0 Å². The molecule has 0 amide bonds. The molecule has 0 saturated carbocycles. The molecule has 9 heavy (non-hydrogen) atoms. The van der Waals surface area contributed by atoms with Crippen molar-refractivity contribution in [3.63, 3.8) is 0 Å². The molecule has 0 N–H and O–H groups in total. The maximum absolute atomic E-state index is 10.3. The van der Waals surface area contributed by atoms with Crippen LogP contribution in [0.1, 0.15) is 13.3 Å². The van der Waals surface area contributed by atoms with E-state index < -0.39 is 11.3 Å². The second kappa shape index (κ2) is 5.62. The third kappa shape index (κ3) is 5.36. The molecule has 0 fully saturated rings. The minimum absolute atomic E-state index is 0.345. The van der Waals surface area contributed by atoms with Crippen molar-refractivity contribution in [1.29, 1.82) is 0 Å². The van der Waals surface area contributed by atoms with E-state index in [0.29, 0.717) is 6.61 Å². The number of hydrogen-bond donors (Lipinski definition) is 0. The first-order valence-electron chi connectivity index (χ1n) is 2.44. The summed E-state index contributed by atoms with van der Waals surface area (Å²) in [4.78, 5) is 9.41. The van der Waals surface area contributed by atoms with Crippen LogP contribution in [0.15, 0.2) is 4.40 Å². The van der Waals surface area contributed by atoms with Crippen LogP contribution in [0.5, 0.6) is 0 Å². The zero-order valence-corrected chi connectivity index (χ0v) is 5.81. The quantitative estimate of drug-likeness (QED) is 0.427. The number of hydrogen-bond acceptors (Lipinski definition) is 3. The van der Waals surface area contributed by atoms with Gasteiger partial charge in [0.15, 0.2) is 0 Å².